The lowest BCUT2D eigenvalue weighted by Crippen LogP contribution is -2.42. The van der Waals surface area contributed by atoms with Gasteiger partial charge in [-0.3, -0.25) is 9.78 Å². The number of hydrogen-bond acceptors (Lipinski definition) is 7. The summed E-state index contributed by atoms with van der Waals surface area (Å²) in [5.74, 6) is -0.560. The molecule has 0 bridgehead atoms. The first kappa shape index (κ1) is 25.6. The SMILES string of the molecule is CC(C)(O)[C@H](F)CNC(=O)c1cnc(-c2ccc3cc(C#N)cnn23)cc1Nc1ccc2c(c1)CC=C2C#N. The van der Waals surface area contributed by atoms with Crippen molar-refractivity contribution in [2.45, 2.75) is 32.0 Å². The van der Waals surface area contributed by atoms with Gasteiger partial charge in [0.2, 0.25) is 0 Å². The van der Waals surface area contributed by atoms with E-state index in [1.807, 2.05) is 36.4 Å². The number of carbonyl (C=O) groups excluding carboxylic acids is 1. The number of allylic oxidation sites excluding steroid dienone is 2. The molecule has 0 unspecified atom stereocenters. The summed E-state index contributed by atoms with van der Waals surface area (Å²) in [6, 6.07) is 16.9. The number of anilines is 2. The summed E-state index contributed by atoms with van der Waals surface area (Å²) in [7, 11) is 0. The minimum absolute atomic E-state index is 0.179. The molecule has 1 aliphatic rings. The van der Waals surface area contributed by atoms with Crippen LogP contribution in [0.1, 0.15) is 40.9 Å². The molecular weight excluding hydrogens is 497 g/mol. The molecule has 1 amide bonds. The molecular formula is C29H24FN7O2. The number of benzene rings is 1. The molecule has 5 rings (SSSR count). The molecule has 1 aromatic carbocycles. The molecule has 4 aromatic rings. The Hall–Kier alpha value is -5.06. The maximum Gasteiger partial charge on any atom is 0.255 e. The van der Waals surface area contributed by atoms with E-state index < -0.39 is 17.7 Å². The van der Waals surface area contributed by atoms with E-state index >= 15 is 0 Å². The highest BCUT2D eigenvalue weighted by atomic mass is 19.1. The predicted molar refractivity (Wildman–Crippen MR) is 144 cm³/mol. The minimum Gasteiger partial charge on any atom is -0.387 e. The zero-order valence-electron chi connectivity index (χ0n) is 21.2. The molecule has 10 heteroatoms. The third-order valence-corrected chi connectivity index (χ3v) is 6.57. The summed E-state index contributed by atoms with van der Waals surface area (Å²) in [5, 5.41) is 38.6. The Morgan fingerprint density at radius 1 is 1.18 bits per heavy atom. The van der Waals surface area contributed by atoms with E-state index in [-0.39, 0.29) is 12.1 Å². The standard InChI is InChI=1S/C29H24FN7O2/c1-29(2,39)27(30)16-34-28(38)23-15-33-25(26-8-6-21-9-17(12-31)14-35-37(21)26)11-24(23)36-20-5-7-22-18(10-20)3-4-19(22)13-32/h4-11,14-15,27,39H,3,16H2,1-2H3,(H,33,36)(H,34,38)/t27-/m1/s1. The molecule has 3 heterocycles. The van der Waals surface area contributed by atoms with Crippen LogP contribution in [-0.4, -0.2) is 43.9 Å². The monoisotopic (exact) mass is 521 g/mol. The third-order valence-electron chi connectivity index (χ3n) is 6.57. The van der Waals surface area contributed by atoms with Gasteiger partial charge in [0.1, 0.15) is 12.2 Å². The van der Waals surface area contributed by atoms with Gasteiger partial charge < -0.3 is 15.7 Å². The topological polar surface area (TPSA) is 139 Å². The number of fused-ring (bicyclic) bond motifs is 2. The molecule has 0 spiro atoms. The Kier molecular flexibility index (Phi) is 6.57. The molecule has 194 valence electrons. The van der Waals surface area contributed by atoms with Crippen LogP contribution in [0, 0.1) is 22.7 Å². The van der Waals surface area contributed by atoms with Crippen molar-refractivity contribution in [3.63, 3.8) is 0 Å². The van der Waals surface area contributed by atoms with Crippen LogP contribution in [0.5, 0.6) is 0 Å². The number of aromatic nitrogens is 3. The van der Waals surface area contributed by atoms with Gasteiger partial charge in [0.25, 0.3) is 5.91 Å². The van der Waals surface area contributed by atoms with Crippen molar-refractivity contribution in [3.8, 4) is 23.5 Å². The first-order valence-corrected chi connectivity index (χ1v) is 12.2. The number of nitrogens with one attached hydrogen (secondary N) is 2. The Morgan fingerprint density at radius 2 is 2.00 bits per heavy atom. The maximum atomic E-state index is 14.3. The second kappa shape index (κ2) is 10.0. The second-order valence-corrected chi connectivity index (χ2v) is 9.79. The van der Waals surface area contributed by atoms with E-state index in [1.54, 1.807) is 16.6 Å². The zero-order chi connectivity index (χ0) is 27.7. The number of nitriles is 2. The van der Waals surface area contributed by atoms with Crippen LogP contribution in [0.2, 0.25) is 0 Å². The number of hydrogen-bond donors (Lipinski definition) is 3. The quantitative estimate of drug-likeness (QED) is 0.329. The number of aliphatic hydroxyl groups is 1. The fourth-order valence-electron chi connectivity index (χ4n) is 4.35. The number of amides is 1. The average molecular weight is 522 g/mol. The van der Waals surface area contributed by atoms with E-state index in [0.29, 0.717) is 45.8 Å². The Morgan fingerprint density at radius 3 is 2.74 bits per heavy atom. The molecule has 1 atom stereocenters. The normalized spacial score (nSPS) is 13.2. The fraction of sp³-hybridized carbons (Fsp3) is 0.207. The highest BCUT2D eigenvalue weighted by Gasteiger charge is 2.27. The molecule has 0 saturated heterocycles. The Balaban J connectivity index is 1.51. The highest BCUT2D eigenvalue weighted by molar-refractivity contribution is 6.00. The first-order chi connectivity index (χ1) is 18.7. The average Bonchev–Trinajstić information content (AvgIpc) is 3.54. The lowest BCUT2D eigenvalue weighted by atomic mass is 10.0. The second-order valence-electron chi connectivity index (χ2n) is 9.79. The Bertz CT molecular complexity index is 1720. The highest BCUT2D eigenvalue weighted by Crippen LogP contribution is 2.32. The summed E-state index contributed by atoms with van der Waals surface area (Å²) in [4.78, 5) is 17.6. The lowest BCUT2D eigenvalue weighted by Gasteiger charge is -2.22. The Labute approximate surface area is 223 Å². The van der Waals surface area contributed by atoms with E-state index in [4.69, 9.17) is 0 Å². The molecule has 3 aromatic heterocycles. The van der Waals surface area contributed by atoms with Crippen LogP contribution in [0.3, 0.4) is 0 Å². The number of alkyl halides is 1. The van der Waals surface area contributed by atoms with Crippen LogP contribution in [0.25, 0.3) is 22.5 Å². The molecule has 1 aliphatic carbocycles. The summed E-state index contributed by atoms with van der Waals surface area (Å²) in [6.07, 6.45) is 3.69. The van der Waals surface area contributed by atoms with Crippen molar-refractivity contribution < 1.29 is 14.3 Å². The van der Waals surface area contributed by atoms with Crippen LogP contribution in [0.15, 0.2) is 60.9 Å². The van der Waals surface area contributed by atoms with E-state index in [1.165, 1.54) is 26.2 Å². The van der Waals surface area contributed by atoms with Crippen molar-refractivity contribution in [2.24, 2.45) is 0 Å². The van der Waals surface area contributed by atoms with Crippen LogP contribution < -0.4 is 10.6 Å². The molecule has 0 aliphatic heterocycles. The molecule has 3 N–H and O–H groups in total. The number of nitrogens with zero attached hydrogens (tertiary/aromatic N) is 5. The van der Waals surface area contributed by atoms with Crippen molar-refractivity contribution in [3.05, 3.63) is 83.2 Å². The molecule has 0 saturated carbocycles. The van der Waals surface area contributed by atoms with Crippen LogP contribution >= 0.6 is 0 Å². The van der Waals surface area contributed by atoms with Crippen molar-refractivity contribution in [1.82, 2.24) is 19.9 Å². The van der Waals surface area contributed by atoms with Crippen LogP contribution in [0.4, 0.5) is 15.8 Å². The predicted octanol–water partition coefficient (Wildman–Crippen LogP) is 4.31. The van der Waals surface area contributed by atoms with Gasteiger partial charge in [0, 0.05) is 11.9 Å². The van der Waals surface area contributed by atoms with Crippen LogP contribution in [-0.2, 0) is 6.42 Å². The lowest BCUT2D eigenvalue weighted by molar-refractivity contribution is -0.00177. The molecule has 0 fully saturated rings. The van der Waals surface area contributed by atoms with Crippen molar-refractivity contribution in [2.75, 3.05) is 11.9 Å². The van der Waals surface area contributed by atoms with E-state index in [2.05, 4.69) is 32.9 Å². The van der Waals surface area contributed by atoms with Gasteiger partial charge in [-0.15, -0.1) is 0 Å². The largest absolute Gasteiger partial charge is 0.387 e. The minimum atomic E-state index is -1.67. The van der Waals surface area contributed by atoms with Crippen molar-refractivity contribution >= 4 is 28.4 Å². The van der Waals surface area contributed by atoms with E-state index in [9.17, 15) is 24.8 Å². The van der Waals surface area contributed by atoms with Crippen molar-refractivity contribution in [1.29, 1.82) is 10.5 Å². The molecule has 0 radical (unpaired) electrons. The smallest absolute Gasteiger partial charge is 0.255 e. The summed E-state index contributed by atoms with van der Waals surface area (Å²) in [6.45, 7) is 2.30. The fourth-order valence-corrected chi connectivity index (χ4v) is 4.35. The summed E-state index contributed by atoms with van der Waals surface area (Å²) >= 11 is 0. The number of halogens is 1. The first-order valence-electron chi connectivity index (χ1n) is 12.2. The van der Waals surface area contributed by atoms with Gasteiger partial charge in [0.05, 0.1) is 63.7 Å². The summed E-state index contributed by atoms with van der Waals surface area (Å²) in [5.41, 5.74) is 4.48. The van der Waals surface area contributed by atoms with Gasteiger partial charge in [-0.1, -0.05) is 12.1 Å². The maximum absolute atomic E-state index is 14.3. The summed E-state index contributed by atoms with van der Waals surface area (Å²) < 4.78 is 16.0. The number of rotatable bonds is 7. The molecule has 39 heavy (non-hydrogen) atoms. The van der Waals surface area contributed by atoms with Gasteiger partial charge in [-0.2, -0.15) is 15.6 Å². The zero-order valence-corrected chi connectivity index (χ0v) is 21.2. The van der Waals surface area contributed by atoms with Gasteiger partial charge in [-0.25, -0.2) is 8.91 Å². The number of carbonyl (C=O) groups is 1. The molecule has 9 nitrogen and oxygen atoms in total. The number of pyridine rings is 1. The van der Waals surface area contributed by atoms with E-state index in [0.717, 1.165) is 11.1 Å². The third kappa shape index (κ3) is 5.06. The van der Waals surface area contributed by atoms with Gasteiger partial charge >= 0.3 is 0 Å². The van der Waals surface area contributed by atoms with Gasteiger partial charge in [-0.05, 0) is 67.8 Å². The van der Waals surface area contributed by atoms with Gasteiger partial charge in [0.15, 0.2) is 0 Å².